The van der Waals surface area contributed by atoms with Gasteiger partial charge in [-0.25, -0.2) is 19.0 Å². The minimum atomic E-state index is -0.478. The monoisotopic (exact) mass is 355 g/mol. The molecule has 0 saturated carbocycles. The molecule has 3 rings (SSSR count). The van der Waals surface area contributed by atoms with E-state index in [0.717, 1.165) is 0 Å². The number of nitrogens with one attached hydrogen (secondary N) is 1. The highest BCUT2D eigenvalue weighted by Gasteiger charge is 2.20. The molecule has 2 aromatic heterocycles. The summed E-state index contributed by atoms with van der Waals surface area (Å²) in [5, 5.41) is 6.94. The predicted octanol–water partition coefficient (Wildman–Crippen LogP) is 3.19. The Morgan fingerprint density at radius 2 is 2.08 bits per heavy atom. The number of benzene rings is 1. The summed E-state index contributed by atoms with van der Waals surface area (Å²) in [6, 6.07) is 9.28. The van der Waals surface area contributed by atoms with E-state index in [9.17, 15) is 9.18 Å². The van der Waals surface area contributed by atoms with Crippen LogP contribution in [0.2, 0.25) is 0 Å². The first-order valence-electron chi connectivity index (χ1n) is 8.02. The Bertz CT molecular complexity index is 922. The maximum absolute atomic E-state index is 13.5. The highest BCUT2D eigenvalue weighted by molar-refractivity contribution is 6.01. The Labute approximate surface area is 149 Å². The molecule has 1 aromatic carbocycles. The van der Waals surface area contributed by atoms with E-state index in [1.165, 1.54) is 30.1 Å². The van der Waals surface area contributed by atoms with Crippen molar-refractivity contribution < 1.29 is 13.9 Å². The van der Waals surface area contributed by atoms with Crippen LogP contribution in [0.25, 0.3) is 5.69 Å². The van der Waals surface area contributed by atoms with E-state index in [0.29, 0.717) is 23.1 Å². The zero-order chi connectivity index (χ0) is 18.7. The number of methoxy groups -OCH3 is 1. The van der Waals surface area contributed by atoms with Crippen molar-refractivity contribution in [1.29, 1.82) is 0 Å². The quantitative estimate of drug-likeness (QED) is 0.760. The Kier molecular flexibility index (Phi) is 4.92. The van der Waals surface area contributed by atoms with Crippen LogP contribution in [-0.2, 0) is 0 Å². The van der Waals surface area contributed by atoms with E-state index in [1.54, 1.807) is 24.3 Å². The highest BCUT2D eigenvalue weighted by Crippen LogP contribution is 2.19. The van der Waals surface area contributed by atoms with Crippen molar-refractivity contribution in [2.45, 2.75) is 19.8 Å². The van der Waals surface area contributed by atoms with Crippen LogP contribution >= 0.6 is 0 Å². The molecule has 0 saturated heterocycles. The van der Waals surface area contributed by atoms with E-state index in [-0.39, 0.29) is 17.6 Å². The summed E-state index contributed by atoms with van der Waals surface area (Å²) >= 11 is 0. The number of nitrogens with zero attached hydrogens (tertiary/aromatic N) is 4. The maximum Gasteiger partial charge on any atom is 0.295 e. The summed E-state index contributed by atoms with van der Waals surface area (Å²) in [6.45, 7) is 3.85. The number of rotatable bonds is 5. The maximum atomic E-state index is 13.5. The molecule has 3 aromatic rings. The topological polar surface area (TPSA) is 81.9 Å². The lowest BCUT2D eigenvalue weighted by atomic mass is 10.2. The minimum Gasteiger partial charge on any atom is -0.481 e. The molecular weight excluding hydrogens is 337 g/mol. The van der Waals surface area contributed by atoms with Crippen LogP contribution in [0.3, 0.4) is 0 Å². The minimum absolute atomic E-state index is 0.00466. The smallest absolute Gasteiger partial charge is 0.295 e. The Hall–Kier alpha value is -3.29. The molecule has 0 bridgehead atoms. The van der Waals surface area contributed by atoms with Crippen LogP contribution < -0.4 is 10.1 Å². The third kappa shape index (κ3) is 3.69. The number of halogens is 1. The van der Waals surface area contributed by atoms with Crippen LogP contribution in [0.15, 0.2) is 42.6 Å². The third-order valence-electron chi connectivity index (χ3n) is 3.61. The first kappa shape index (κ1) is 17.5. The van der Waals surface area contributed by atoms with Gasteiger partial charge in [-0.05, 0) is 24.3 Å². The average Bonchev–Trinajstić information content (AvgIpc) is 3.08. The van der Waals surface area contributed by atoms with Crippen LogP contribution in [0, 0.1) is 5.82 Å². The van der Waals surface area contributed by atoms with Gasteiger partial charge in [-0.15, -0.1) is 5.10 Å². The van der Waals surface area contributed by atoms with E-state index in [4.69, 9.17) is 4.74 Å². The average molecular weight is 355 g/mol. The Morgan fingerprint density at radius 1 is 1.27 bits per heavy atom. The van der Waals surface area contributed by atoms with Gasteiger partial charge < -0.3 is 10.1 Å². The summed E-state index contributed by atoms with van der Waals surface area (Å²) in [5.41, 5.74) is 0.996. The third-order valence-corrected chi connectivity index (χ3v) is 3.61. The zero-order valence-corrected chi connectivity index (χ0v) is 14.6. The van der Waals surface area contributed by atoms with Crippen molar-refractivity contribution in [2.24, 2.45) is 0 Å². The summed E-state index contributed by atoms with van der Waals surface area (Å²) in [7, 11) is 1.51. The molecule has 1 amide bonds. The van der Waals surface area contributed by atoms with Crippen molar-refractivity contribution >= 4 is 11.6 Å². The van der Waals surface area contributed by atoms with Crippen molar-refractivity contribution in [3.63, 3.8) is 0 Å². The van der Waals surface area contributed by atoms with Gasteiger partial charge in [-0.1, -0.05) is 19.9 Å². The van der Waals surface area contributed by atoms with E-state index >= 15 is 0 Å². The Balaban J connectivity index is 1.90. The van der Waals surface area contributed by atoms with Gasteiger partial charge in [-0.3, -0.25) is 4.79 Å². The Morgan fingerprint density at radius 3 is 2.69 bits per heavy atom. The first-order valence-corrected chi connectivity index (χ1v) is 8.02. The molecule has 7 nitrogen and oxygen atoms in total. The van der Waals surface area contributed by atoms with Gasteiger partial charge in [0.2, 0.25) is 11.7 Å². The van der Waals surface area contributed by atoms with Crippen molar-refractivity contribution in [3.05, 3.63) is 60.1 Å². The van der Waals surface area contributed by atoms with Crippen LogP contribution in [0.4, 0.5) is 10.1 Å². The van der Waals surface area contributed by atoms with Crippen LogP contribution in [0.5, 0.6) is 5.88 Å². The molecule has 2 heterocycles. The van der Waals surface area contributed by atoms with E-state index in [1.807, 2.05) is 13.8 Å². The number of carbonyl (C=O) groups excluding carboxylic acids is 1. The molecule has 0 aliphatic carbocycles. The second-order valence-corrected chi connectivity index (χ2v) is 5.88. The lowest BCUT2D eigenvalue weighted by molar-refractivity contribution is 0.101. The lowest BCUT2D eigenvalue weighted by Crippen LogP contribution is -2.14. The van der Waals surface area contributed by atoms with Crippen molar-refractivity contribution in [3.8, 4) is 11.6 Å². The summed E-state index contributed by atoms with van der Waals surface area (Å²) in [4.78, 5) is 20.8. The molecule has 0 radical (unpaired) electrons. The SMILES string of the molecule is COc1ccc(NC(=O)c2nc(C(C)C)n(-c3cccc(F)c3)n2)cn1. The van der Waals surface area contributed by atoms with Crippen molar-refractivity contribution in [2.75, 3.05) is 12.4 Å². The van der Waals surface area contributed by atoms with Gasteiger partial charge >= 0.3 is 0 Å². The first-order chi connectivity index (χ1) is 12.5. The summed E-state index contributed by atoms with van der Waals surface area (Å²) in [5.74, 6) is 0.132. The molecule has 0 aliphatic rings. The molecule has 0 unspecified atom stereocenters. The van der Waals surface area contributed by atoms with Gasteiger partial charge in [0, 0.05) is 12.0 Å². The van der Waals surface area contributed by atoms with Crippen LogP contribution in [0.1, 0.15) is 36.2 Å². The number of ether oxygens (including phenoxy) is 1. The number of carbonyl (C=O) groups is 1. The van der Waals surface area contributed by atoms with Gasteiger partial charge in [0.15, 0.2) is 0 Å². The lowest BCUT2D eigenvalue weighted by Gasteiger charge is -2.07. The molecular formula is C18H18FN5O2. The van der Waals surface area contributed by atoms with Crippen molar-refractivity contribution in [1.82, 2.24) is 19.7 Å². The van der Waals surface area contributed by atoms with Gasteiger partial charge in [0.1, 0.15) is 11.6 Å². The molecule has 8 heteroatoms. The van der Waals surface area contributed by atoms with Gasteiger partial charge in [0.05, 0.1) is 24.7 Å². The largest absolute Gasteiger partial charge is 0.481 e. The number of aromatic nitrogens is 4. The standard InChI is InChI=1S/C18H18FN5O2/c1-11(2)17-22-16(23-24(17)14-6-4-5-12(19)9-14)18(25)21-13-7-8-15(26-3)20-10-13/h4-11H,1-3H3,(H,21,25). The van der Waals surface area contributed by atoms with E-state index in [2.05, 4.69) is 20.4 Å². The molecule has 0 atom stereocenters. The summed E-state index contributed by atoms with van der Waals surface area (Å²) < 4.78 is 20.0. The number of amides is 1. The number of pyridine rings is 1. The van der Waals surface area contributed by atoms with Gasteiger partial charge in [0.25, 0.3) is 5.91 Å². The molecule has 0 fully saturated rings. The number of anilines is 1. The fourth-order valence-corrected chi connectivity index (χ4v) is 2.35. The number of hydrogen-bond donors (Lipinski definition) is 1. The molecule has 26 heavy (non-hydrogen) atoms. The second kappa shape index (κ2) is 7.30. The molecule has 0 aliphatic heterocycles. The van der Waals surface area contributed by atoms with Crippen LogP contribution in [-0.4, -0.2) is 32.8 Å². The second-order valence-electron chi connectivity index (χ2n) is 5.88. The molecule has 1 N–H and O–H groups in total. The highest BCUT2D eigenvalue weighted by atomic mass is 19.1. The predicted molar refractivity (Wildman–Crippen MR) is 94.1 cm³/mol. The fraction of sp³-hybridized carbons (Fsp3) is 0.222. The normalized spacial score (nSPS) is 10.8. The zero-order valence-electron chi connectivity index (χ0n) is 14.6. The fourth-order valence-electron chi connectivity index (χ4n) is 2.35. The molecule has 134 valence electrons. The molecule has 0 spiro atoms. The van der Waals surface area contributed by atoms with E-state index < -0.39 is 5.91 Å². The number of hydrogen-bond acceptors (Lipinski definition) is 5. The van der Waals surface area contributed by atoms with Gasteiger partial charge in [-0.2, -0.15) is 0 Å². The summed E-state index contributed by atoms with van der Waals surface area (Å²) in [6.07, 6.45) is 1.48.